The molecular weight excluding hydrogens is 250 g/mol. The Hall–Kier alpha value is -2.23. The minimum absolute atomic E-state index is 0.00190. The molecule has 0 spiro atoms. The topological polar surface area (TPSA) is 108 Å². The van der Waals surface area contributed by atoms with Gasteiger partial charge in [-0.05, 0) is 12.8 Å². The highest BCUT2D eigenvalue weighted by Crippen LogP contribution is 2.28. The second-order valence-corrected chi connectivity index (χ2v) is 4.26. The Kier molecular flexibility index (Phi) is 5.67. The van der Waals surface area contributed by atoms with Gasteiger partial charge in [0, 0.05) is 25.4 Å². The van der Waals surface area contributed by atoms with Crippen LogP contribution in [-0.2, 0) is 9.59 Å². The monoisotopic (exact) mass is 267 g/mol. The van der Waals surface area contributed by atoms with Crippen molar-refractivity contribution in [2.45, 2.75) is 25.3 Å². The van der Waals surface area contributed by atoms with E-state index in [1.807, 2.05) is 0 Å². The first-order chi connectivity index (χ1) is 9.04. The maximum absolute atomic E-state index is 11.4. The Bertz CT molecular complexity index is 398. The molecule has 0 radical (unpaired) electrons. The van der Waals surface area contributed by atoms with E-state index in [1.54, 1.807) is 0 Å². The third-order valence-electron chi connectivity index (χ3n) is 2.58. The number of hydrogen-bond acceptors (Lipinski definition) is 3. The molecule has 1 aliphatic carbocycles. The van der Waals surface area contributed by atoms with Gasteiger partial charge in [0.2, 0.25) is 5.91 Å². The molecule has 1 unspecified atom stereocenters. The Morgan fingerprint density at radius 1 is 1.26 bits per heavy atom. The van der Waals surface area contributed by atoms with E-state index in [9.17, 15) is 14.4 Å². The van der Waals surface area contributed by atoms with Crippen molar-refractivity contribution in [3.8, 4) is 12.3 Å². The van der Waals surface area contributed by atoms with E-state index in [-0.39, 0.29) is 24.8 Å². The van der Waals surface area contributed by atoms with Crippen molar-refractivity contribution < 1.29 is 19.5 Å². The summed E-state index contributed by atoms with van der Waals surface area (Å²) in [7, 11) is 0. The molecular formula is C12H17N3O4. The first kappa shape index (κ1) is 14.8. The van der Waals surface area contributed by atoms with Crippen molar-refractivity contribution in [1.82, 2.24) is 16.0 Å². The van der Waals surface area contributed by atoms with Gasteiger partial charge < -0.3 is 21.1 Å². The lowest BCUT2D eigenvalue weighted by Gasteiger charge is -2.13. The largest absolute Gasteiger partial charge is 0.480 e. The number of terminal acetylenes is 1. The van der Waals surface area contributed by atoms with Crippen LogP contribution in [-0.4, -0.2) is 42.1 Å². The van der Waals surface area contributed by atoms with Crippen molar-refractivity contribution in [2.75, 3.05) is 13.1 Å². The lowest BCUT2D eigenvalue weighted by atomic mass is 10.2. The number of carbonyl (C=O) groups is 3. The summed E-state index contributed by atoms with van der Waals surface area (Å²) in [6, 6.07) is -1.73. The number of amides is 3. The van der Waals surface area contributed by atoms with Crippen LogP contribution in [0, 0.1) is 18.3 Å². The predicted molar refractivity (Wildman–Crippen MR) is 67.1 cm³/mol. The highest BCUT2D eigenvalue weighted by Gasteiger charge is 2.29. The number of hydrogen-bond donors (Lipinski definition) is 4. The zero-order chi connectivity index (χ0) is 14.3. The molecule has 7 nitrogen and oxygen atoms in total. The van der Waals surface area contributed by atoms with Crippen LogP contribution < -0.4 is 16.0 Å². The Morgan fingerprint density at radius 3 is 2.42 bits per heavy atom. The summed E-state index contributed by atoms with van der Waals surface area (Å²) >= 11 is 0. The maximum Gasteiger partial charge on any atom is 0.327 e. The fourth-order valence-electron chi connectivity index (χ4n) is 1.38. The fraction of sp³-hybridized carbons (Fsp3) is 0.583. The molecule has 104 valence electrons. The smallest absolute Gasteiger partial charge is 0.327 e. The molecule has 1 aliphatic rings. The van der Waals surface area contributed by atoms with Gasteiger partial charge in [0.25, 0.3) is 0 Å². The Labute approximate surface area is 111 Å². The van der Waals surface area contributed by atoms with Crippen LogP contribution >= 0.6 is 0 Å². The van der Waals surface area contributed by atoms with Crippen molar-refractivity contribution >= 4 is 17.9 Å². The molecule has 1 rings (SSSR count). The van der Waals surface area contributed by atoms with Gasteiger partial charge in [-0.25, -0.2) is 9.59 Å². The van der Waals surface area contributed by atoms with Gasteiger partial charge in [-0.15, -0.1) is 12.3 Å². The molecule has 7 heteroatoms. The number of carboxylic acids is 1. The maximum atomic E-state index is 11.4. The molecule has 1 fully saturated rings. The molecule has 1 saturated carbocycles. The van der Waals surface area contributed by atoms with Crippen molar-refractivity contribution in [3.63, 3.8) is 0 Å². The second kappa shape index (κ2) is 7.26. The number of rotatable bonds is 7. The van der Waals surface area contributed by atoms with Crippen LogP contribution in [0.25, 0.3) is 0 Å². The van der Waals surface area contributed by atoms with Crippen molar-refractivity contribution in [2.24, 2.45) is 5.92 Å². The van der Waals surface area contributed by atoms with E-state index in [0.717, 1.165) is 12.8 Å². The average molecular weight is 267 g/mol. The average Bonchev–Trinajstić information content (AvgIpc) is 3.17. The van der Waals surface area contributed by atoms with E-state index in [2.05, 4.69) is 21.9 Å². The lowest BCUT2D eigenvalue weighted by Crippen LogP contribution is -2.47. The molecule has 4 N–H and O–H groups in total. The predicted octanol–water partition coefficient (Wildman–Crippen LogP) is -0.712. The molecule has 3 amide bonds. The standard InChI is InChI=1S/C12H17N3O4/c1-2-3-9(11(17)18)15-12(19)14-7-6-13-10(16)8-4-5-8/h1,8-9H,3-7H2,(H,13,16)(H,17,18)(H2,14,15,19). The molecule has 1 atom stereocenters. The van der Waals surface area contributed by atoms with Crippen LogP contribution in [0.2, 0.25) is 0 Å². The minimum atomic E-state index is -1.19. The van der Waals surface area contributed by atoms with Crippen LogP contribution in [0.15, 0.2) is 0 Å². The van der Waals surface area contributed by atoms with Gasteiger partial charge in [-0.1, -0.05) is 0 Å². The van der Waals surface area contributed by atoms with Gasteiger partial charge >= 0.3 is 12.0 Å². The number of carbonyl (C=O) groups excluding carboxylic acids is 2. The van der Waals surface area contributed by atoms with E-state index in [4.69, 9.17) is 11.5 Å². The minimum Gasteiger partial charge on any atom is -0.480 e. The molecule has 0 aliphatic heterocycles. The lowest BCUT2D eigenvalue weighted by molar-refractivity contribution is -0.139. The van der Waals surface area contributed by atoms with E-state index >= 15 is 0 Å². The summed E-state index contributed by atoms with van der Waals surface area (Å²) in [6.07, 6.45) is 6.76. The summed E-state index contributed by atoms with van der Waals surface area (Å²) in [5, 5.41) is 16.1. The second-order valence-electron chi connectivity index (χ2n) is 4.26. The van der Waals surface area contributed by atoms with Crippen LogP contribution in [0.1, 0.15) is 19.3 Å². The number of aliphatic carboxylic acids is 1. The quantitative estimate of drug-likeness (QED) is 0.361. The summed E-state index contributed by atoms with van der Waals surface area (Å²) in [6.45, 7) is 0.544. The third-order valence-corrected chi connectivity index (χ3v) is 2.58. The summed E-state index contributed by atoms with van der Waals surface area (Å²) in [5.41, 5.74) is 0. The molecule has 19 heavy (non-hydrogen) atoms. The summed E-state index contributed by atoms with van der Waals surface area (Å²) in [4.78, 5) is 33.4. The Balaban J connectivity index is 2.14. The fourth-order valence-corrected chi connectivity index (χ4v) is 1.38. The van der Waals surface area contributed by atoms with Gasteiger partial charge in [0.05, 0.1) is 0 Å². The normalized spacial score (nSPS) is 14.9. The first-order valence-corrected chi connectivity index (χ1v) is 6.03. The van der Waals surface area contributed by atoms with Gasteiger partial charge in [-0.3, -0.25) is 4.79 Å². The van der Waals surface area contributed by atoms with Crippen molar-refractivity contribution in [3.05, 3.63) is 0 Å². The SMILES string of the molecule is C#CCC(NC(=O)NCCNC(=O)C1CC1)C(=O)O. The summed E-state index contributed by atoms with van der Waals surface area (Å²) < 4.78 is 0. The van der Waals surface area contributed by atoms with Crippen LogP contribution in [0.4, 0.5) is 4.79 Å². The van der Waals surface area contributed by atoms with E-state index < -0.39 is 18.0 Å². The zero-order valence-electron chi connectivity index (χ0n) is 10.4. The van der Waals surface area contributed by atoms with Gasteiger partial charge in [0.15, 0.2) is 0 Å². The number of carboxylic acid groups (broad SMARTS) is 1. The first-order valence-electron chi connectivity index (χ1n) is 6.03. The van der Waals surface area contributed by atoms with Crippen molar-refractivity contribution in [1.29, 1.82) is 0 Å². The molecule has 0 aromatic heterocycles. The molecule has 0 bridgehead atoms. The molecule has 0 heterocycles. The highest BCUT2D eigenvalue weighted by molar-refractivity contribution is 5.83. The molecule has 0 saturated heterocycles. The van der Waals surface area contributed by atoms with E-state index in [1.165, 1.54) is 0 Å². The number of nitrogens with one attached hydrogen (secondary N) is 3. The molecule has 0 aromatic carbocycles. The highest BCUT2D eigenvalue weighted by atomic mass is 16.4. The third kappa shape index (κ3) is 5.77. The van der Waals surface area contributed by atoms with E-state index in [0.29, 0.717) is 6.54 Å². The number of urea groups is 1. The summed E-state index contributed by atoms with van der Waals surface area (Å²) in [5.74, 6) is 1.11. The Morgan fingerprint density at radius 2 is 1.89 bits per heavy atom. The van der Waals surface area contributed by atoms with Gasteiger partial charge in [-0.2, -0.15) is 0 Å². The zero-order valence-corrected chi connectivity index (χ0v) is 10.4. The molecule has 0 aromatic rings. The van der Waals surface area contributed by atoms with Gasteiger partial charge in [0.1, 0.15) is 6.04 Å². The van der Waals surface area contributed by atoms with Crippen LogP contribution in [0.5, 0.6) is 0 Å². The van der Waals surface area contributed by atoms with Crippen LogP contribution in [0.3, 0.4) is 0 Å².